The Morgan fingerprint density at radius 3 is 2.71 bits per heavy atom. The van der Waals surface area contributed by atoms with Crippen LogP contribution in [0.5, 0.6) is 0 Å². The van der Waals surface area contributed by atoms with Gasteiger partial charge in [-0.3, -0.25) is 14.3 Å². The third kappa shape index (κ3) is 3.09. The van der Waals surface area contributed by atoms with Gasteiger partial charge in [0.2, 0.25) is 0 Å². The predicted octanol–water partition coefficient (Wildman–Crippen LogP) is 0.307. The Bertz CT molecular complexity index is 606. The van der Waals surface area contributed by atoms with Gasteiger partial charge < -0.3 is 14.6 Å². The summed E-state index contributed by atoms with van der Waals surface area (Å²) >= 11 is 0. The molecular weight excluding hydrogens is 276 g/mol. The van der Waals surface area contributed by atoms with Crippen LogP contribution in [0.25, 0.3) is 0 Å². The van der Waals surface area contributed by atoms with Crippen molar-refractivity contribution in [3.63, 3.8) is 0 Å². The molecule has 0 aromatic carbocycles. The van der Waals surface area contributed by atoms with Crippen molar-refractivity contribution in [3.8, 4) is 0 Å². The predicted molar refractivity (Wildman–Crippen MR) is 76.3 cm³/mol. The van der Waals surface area contributed by atoms with E-state index < -0.39 is 35.8 Å². The Morgan fingerprint density at radius 2 is 2.14 bits per heavy atom. The van der Waals surface area contributed by atoms with Crippen molar-refractivity contribution in [1.82, 2.24) is 9.55 Å². The molecule has 0 saturated carbocycles. The molecule has 0 radical (unpaired) electrons. The van der Waals surface area contributed by atoms with Crippen LogP contribution in [0.4, 0.5) is 0 Å². The molecule has 1 fully saturated rings. The van der Waals surface area contributed by atoms with E-state index in [1.54, 1.807) is 6.92 Å². The number of nitrogens with one attached hydrogen (secondary N) is 1. The number of nitrogens with zero attached hydrogens (tertiary/aromatic N) is 1. The lowest BCUT2D eigenvalue weighted by atomic mass is 10.1. The maximum atomic E-state index is 12.0. The molecule has 21 heavy (non-hydrogen) atoms. The number of aliphatic hydroxyl groups is 1. The average Bonchev–Trinajstić information content (AvgIpc) is 2.71. The number of ether oxygens (including phenoxy) is 2. The zero-order valence-corrected chi connectivity index (χ0v) is 12.7. The maximum Gasteiger partial charge on any atom is 0.330 e. The summed E-state index contributed by atoms with van der Waals surface area (Å²) in [5, 5.41) is 10.3. The van der Waals surface area contributed by atoms with E-state index in [2.05, 4.69) is 4.98 Å². The molecule has 1 aliphatic heterocycles. The third-order valence-corrected chi connectivity index (χ3v) is 3.56. The minimum absolute atomic E-state index is 0.120. The molecule has 0 amide bonds. The molecule has 0 bridgehead atoms. The molecule has 0 spiro atoms. The Morgan fingerprint density at radius 1 is 1.48 bits per heavy atom. The standard InChI is InChI=1S/C14H22N2O5/c1-5-9-10(17)11(20-7(2)3)13(21-9)16-6-8(4)12(18)15-14(16)19/h6-7,9-11,13,17H,5H2,1-4H3,(H,15,18,19)/t9-,10?,11+,13-/m1/s1. The summed E-state index contributed by atoms with van der Waals surface area (Å²) in [7, 11) is 0. The lowest BCUT2D eigenvalue weighted by Crippen LogP contribution is -2.40. The van der Waals surface area contributed by atoms with Crippen LogP contribution in [0.2, 0.25) is 0 Å². The van der Waals surface area contributed by atoms with Gasteiger partial charge in [-0.2, -0.15) is 0 Å². The fourth-order valence-corrected chi connectivity index (χ4v) is 2.52. The van der Waals surface area contributed by atoms with E-state index in [1.165, 1.54) is 10.8 Å². The van der Waals surface area contributed by atoms with E-state index >= 15 is 0 Å². The van der Waals surface area contributed by atoms with Crippen LogP contribution in [0.3, 0.4) is 0 Å². The number of hydrogen-bond acceptors (Lipinski definition) is 5. The van der Waals surface area contributed by atoms with Crippen molar-refractivity contribution in [2.24, 2.45) is 0 Å². The van der Waals surface area contributed by atoms with E-state index in [0.29, 0.717) is 12.0 Å². The van der Waals surface area contributed by atoms with E-state index in [-0.39, 0.29) is 6.10 Å². The Balaban J connectivity index is 2.42. The van der Waals surface area contributed by atoms with Crippen LogP contribution < -0.4 is 11.2 Å². The first-order valence-electron chi connectivity index (χ1n) is 7.16. The Labute approximate surface area is 122 Å². The summed E-state index contributed by atoms with van der Waals surface area (Å²) in [5.41, 5.74) is -0.601. The molecule has 1 aromatic rings. The van der Waals surface area contributed by atoms with E-state index in [0.717, 1.165) is 0 Å². The van der Waals surface area contributed by atoms with Crippen LogP contribution in [0.15, 0.2) is 15.8 Å². The third-order valence-electron chi connectivity index (χ3n) is 3.56. The van der Waals surface area contributed by atoms with E-state index in [9.17, 15) is 14.7 Å². The highest BCUT2D eigenvalue weighted by Crippen LogP contribution is 2.32. The van der Waals surface area contributed by atoms with Crippen molar-refractivity contribution < 1.29 is 14.6 Å². The number of aryl methyl sites for hydroxylation is 1. The normalized spacial score (nSPS) is 29.2. The summed E-state index contributed by atoms with van der Waals surface area (Å²) in [6.45, 7) is 7.20. The first kappa shape index (κ1) is 15.9. The minimum Gasteiger partial charge on any atom is -0.388 e. The molecule has 7 nitrogen and oxygen atoms in total. The van der Waals surface area contributed by atoms with E-state index in [4.69, 9.17) is 9.47 Å². The lowest BCUT2D eigenvalue weighted by molar-refractivity contribution is -0.0918. The fourth-order valence-electron chi connectivity index (χ4n) is 2.52. The van der Waals surface area contributed by atoms with Gasteiger partial charge in [-0.25, -0.2) is 4.79 Å². The van der Waals surface area contributed by atoms with Crippen molar-refractivity contribution in [2.45, 2.75) is 64.8 Å². The minimum atomic E-state index is -0.818. The van der Waals surface area contributed by atoms with Crippen molar-refractivity contribution >= 4 is 0 Å². The SMILES string of the molecule is CC[C@H]1O[C@@H](n2cc(C)c(=O)[nH]c2=O)[C@@H](OC(C)C)C1O. The Kier molecular flexibility index (Phi) is 4.65. The largest absolute Gasteiger partial charge is 0.388 e. The molecule has 2 rings (SSSR count). The van der Waals surface area contributed by atoms with Crippen LogP contribution in [0, 0.1) is 6.92 Å². The lowest BCUT2D eigenvalue weighted by Gasteiger charge is -2.24. The molecule has 2 heterocycles. The van der Waals surface area contributed by atoms with Crippen LogP contribution in [0.1, 0.15) is 39.0 Å². The van der Waals surface area contributed by atoms with Gasteiger partial charge in [-0.1, -0.05) is 6.92 Å². The molecule has 4 atom stereocenters. The molecule has 2 N–H and O–H groups in total. The smallest absolute Gasteiger partial charge is 0.330 e. The summed E-state index contributed by atoms with van der Waals surface area (Å²) < 4.78 is 12.8. The van der Waals surface area contributed by atoms with Gasteiger partial charge in [-0.15, -0.1) is 0 Å². The van der Waals surface area contributed by atoms with Crippen molar-refractivity contribution in [3.05, 3.63) is 32.6 Å². The zero-order valence-electron chi connectivity index (χ0n) is 12.7. The highest BCUT2D eigenvalue weighted by Gasteiger charge is 2.45. The number of rotatable bonds is 4. The maximum absolute atomic E-state index is 12.0. The quantitative estimate of drug-likeness (QED) is 0.834. The Hall–Kier alpha value is -1.44. The zero-order chi connectivity index (χ0) is 15.7. The second-order valence-electron chi connectivity index (χ2n) is 5.59. The van der Waals surface area contributed by atoms with Crippen LogP contribution >= 0.6 is 0 Å². The molecule has 118 valence electrons. The van der Waals surface area contributed by atoms with Crippen LogP contribution in [-0.4, -0.2) is 39.1 Å². The highest BCUT2D eigenvalue weighted by molar-refractivity contribution is 5.03. The molecule has 1 aliphatic rings. The van der Waals surface area contributed by atoms with Gasteiger partial charge in [-0.05, 0) is 27.2 Å². The second kappa shape index (κ2) is 6.13. The summed E-state index contributed by atoms with van der Waals surface area (Å²) in [6.07, 6.45) is -0.710. The number of aromatic amines is 1. The fraction of sp³-hybridized carbons (Fsp3) is 0.714. The summed E-state index contributed by atoms with van der Waals surface area (Å²) in [4.78, 5) is 25.7. The van der Waals surface area contributed by atoms with Gasteiger partial charge in [0.15, 0.2) is 6.23 Å². The first-order valence-corrected chi connectivity index (χ1v) is 7.16. The first-order chi connectivity index (χ1) is 9.85. The molecule has 7 heteroatoms. The molecule has 1 unspecified atom stereocenters. The average molecular weight is 298 g/mol. The topological polar surface area (TPSA) is 93.6 Å². The van der Waals surface area contributed by atoms with Gasteiger partial charge in [0.05, 0.1) is 12.2 Å². The van der Waals surface area contributed by atoms with Gasteiger partial charge in [0.1, 0.15) is 12.2 Å². The molecule has 1 saturated heterocycles. The molecule has 1 aromatic heterocycles. The second-order valence-corrected chi connectivity index (χ2v) is 5.59. The molecule has 0 aliphatic carbocycles. The number of aromatic nitrogens is 2. The summed E-state index contributed by atoms with van der Waals surface area (Å²) in [5.74, 6) is 0. The van der Waals surface area contributed by atoms with Gasteiger partial charge in [0, 0.05) is 11.8 Å². The molecular formula is C14H22N2O5. The van der Waals surface area contributed by atoms with E-state index in [1.807, 2.05) is 20.8 Å². The van der Waals surface area contributed by atoms with Crippen molar-refractivity contribution in [2.75, 3.05) is 0 Å². The van der Waals surface area contributed by atoms with Gasteiger partial charge >= 0.3 is 5.69 Å². The van der Waals surface area contributed by atoms with Crippen molar-refractivity contribution in [1.29, 1.82) is 0 Å². The van der Waals surface area contributed by atoms with Gasteiger partial charge in [0.25, 0.3) is 5.56 Å². The summed E-state index contributed by atoms with van der Waals surface area (Å²) in [6, 6.07) is 0. The monoisotopic (exact) mass is 298 g/mol. The number of aliphatic hydroxyl groups excluding tert-OH is 1. The van der Waals surface area contributed by atoms with Crippen LogP contribution in [-0.2, 0) is 9.47 Å². The number of H-pyrrole nitrogens is 1. The number of hydrogen-bond donors (Lipinski definition) is 2. The highest BCUT2D eigenvalue weighted by atomic mass is 16.6.